The number of nitrogens with zero attached hydrogens (tertiary/aromatic N) is 2. The Balaban J connectivity index is 0.00000121. The minimum absolute atomic E-state index is 0. The van der Waals surface area contributed by atoms with Gasteiger partial charge in [-0.3, -0.25) is 0 Å². The molecule has 0 saturated heterocycles. The first kappa shape index (κ1) is 7.65. The number of hydrogen-bond donors (Lipinski definition) is 0. The Kier molecular flexibility index (Phi) is 2.54. The van der Waals surface area contributed by atoms with Crippen molar-refractivity contribution >= 4 is 5.97 Å². The average Bonchev–Trinajstić information content (AvgIpc) is 2.07. The smallest absolute Gasteiger partial charge is 0.341 e. The molecule has 0 aliphatic carbocycles. The van der Waals surface area contributed by atoms with Gasteiger partial charge >= 0.3 is 5.97 Å². The lowest BCUT2D eigenvalue weighted by Crippen LogP contribution is -2.04. The predicted octanol–water partition coefficient (Wildman–Crippen LogP) is 0.899. The lowest BCUT2D eigenvalue weighted by molar-refractivity contribution is 0.0525. The number of esters is 1. The second kappa shape index (κ2) is 3.65. The summed E-state index contributed by atoms with van der Waals surface area (Å²) in [4.78, 5) is 18.3. The quantitative estimate of drug-likeness (QED) is 0.594. The normalized spacial score (nSPS) is 9.18. The molecule has 0 N–H and O–H groups in total. The van der Waals surface area contributed by atoms with E-state index in [4.69, 9.17) is 4.74 Å². The van der Waals surface area contributed by atoms with Crippen molar-refractivity contribution in [1.82, 2.24) is 9.97 Å². The van der Waals surface area contributed by atoms with E-state index < -0.39 is 0 Å². The number of carbonyl (C=O) groups excluding carboxylic acids is 1. The van der Waals surface area contributed by atoms with Crippen LogP contribution in [0, 0.1) is 0 Å². The predicted molar refractivity (Wildman–Crippen MR) is 40.1 cm³/mol. The van der Waals surface area contributed by atoms with Gasteiger partial charge in [0.1, 0.15) is 6.33 Å². The molecule has 0 spiro atoms. The number of ether oxygens (including phenoxy) is 1. The molecule has 1 heterocycles. The molecule has 0 aliphatic heterocycles. The molecule has 11 heavy (non-hydrogen) atoms. The largest absolute Gasteiger partial charge is 0.462 e. The van der Waals surface area contributed by atoms with Gasteiger partial charge in [0.2, 0.25) is 0 Å². The first-order chi connectivity index (χ1) is 5.34. The van der Waals surface area contributed by atoms with E-state index in [2.05, 4.69) is 9.97 Å². The van der Waals surface area contributed by atoms with Gasteiger partial charge in [-0.1, -0.05) is 0 Å². The maximum absolute atomic E-state index is 10.9. The zero-order chi connectivity index (χ0) is 8.10. The Morgan fingerprint density at radius 1 is 1.64 bits per heavy atom. The van der Waals surface area contributed by atoms with Crippen molar-refractivity contribution in [2.75, 3.05) is 6.61 Å². The number of hydrogen-bond acceptors (Lipinski definition) is 4. The molecule has 0 aromatic carbocycles. The van der Waals surface area contributed by atoms with Crippen molar-refractivity contribution in [3.63, 3.8) is 0 Å². The van der Waals surface area contributed by atoms with Crippen LogP contribution in [-0.4, -0.2) is 22.5 Å². The fraction of sp³-hybridized carbons (Fsp3) is 0.286. The summed E-state index contributed by atoms with van der Waals surface area (Å²) in [5.41, 5.74) is 0.384. The van der Waals surface area contributed by atoms with E-state index in [0.717, 1.165) is 0 Å². The summed E-state index contributed by atoms with van der Waals surface area (Å²) in [6.07, 6.45) is 4.21. The van der Waals surface area contributed by atoms with Crippen molar-refractivity contribution in [3.05, 3.63) is 24.3 Å². The number of carbonyl (C=O) groups is 1. The van der Waals surface area contributed by atoms with Crippen LogP contribution in [0.1, 0.15) is 18.7 Å². The third-order valence-electron chi connectivity index (χ3n) is 1.07. The van der Waals surface area contributed by atoms with Gasteiger partial charge in [-0.15, -0.1) is 0 Å². The molecule has 0 saturated carbocycles. The summed E-state index contributed by atoms with van der Waals surface area (Å²) in [5.74, 6) is -0.381. The van der Waals surface area contributed by atoms with Gasteiger partial charge in [0.25, 0.3) is 0 Å². The zero-order valence-corrected chi connectivity index (χ0v) is 6.15. The Bertz CT molecular complexity index is 240. The molecule has 60 valence electrons. The van der Waals surface area contributed by atoms with Gasteiger partial charge in [0.15, 0.2) is 0 Å². The molecular weight excluding hydrogens is 144 g/mol. The van der Waals surface area contributed by atoms with Gasteiger partial charge in [-0.2, -0.15) is 0 Å². The van der Waals surface area contributed by atoms with E-state index in [1.54, 1.807) is 6.92 Å². The highest BCUT2D eigenvalue weighted by Crippen LogP contribution is 1.95. The first-order valence-electron chi connectivity index (χ1n) is 3.26. The molecule has 0 atom stereocenters. The molecule has 0 bridgehead atoms. The molecular formula is C7H10N2O2. The van der Waals surface area contributed by atoms with E-state index in [9.17, 15) is 4.79 Å². The van der Waals surface area contributed by atoms with Crippen LogP contribution in [0.5, 0.6) is 0 Å². The molecule has 0 fully saturated rings. The summed E-state index contributed by atoms with van der Waals surface area (Å²) in [6.45, 7) is 2.12. The number of aromatic nitrogens is 2. The Morgan fingerprint density at radius 3 is 2.82 bits per heavy atom. The van der Waals surface area contributed by atoms with Crippen molar-refractivity contribution < 1.29 is 11.0 Å². The van der Waals surface area contributed by atoms with E-state index in [1.165, 1.54) is 18.7 Å². The SMILES string of the molecule is CCOC(=O)c1cncnc1.[HH]. The Hall–Kier alpha value is -1.45. The van der Waals surface area contributed by atoms with Gasteiger partial charge in [0.05, 0.1) is 12.2 Å². The van der Waals surface area contributed by atoms with Crippen molar-refractivity contribution in [3.8, 4) is 0 Å². The third-order valence-corrected chi connectivity index (χ3v) is 1.07. The highest BCUT2D eigenvalue weighted by molar-refractivity contribution is 5.88. The minimum Gasteiger partial charge on any atom is -0.462 e. The summed E-state index contributed by atoms with van der Waals surface area (Å²) >= 11 is 0. The molecule has 0 amide bonds. The van der Waals surface area contributed by atoms with E-state index in [-0.39, 0.29) is 7.40 Å². The monoisotopic (exact) mass is 154 g/mol. The lowest BCUT2D eigenvalue weighted by Gasteiger charge is -1.98. The molecule has 1 aromatic rings. The fourth-order valence-electron chi connectivity index (χ4n) is 0.619. The molecule has 0 aliphatic rings. The van der Waals surface area contributed by atoms with E-state index in [1.807, 2.05) is 0 Å². The van der Waals surface area contributed by atoms with Gasteiger partial charge in [-0.05, 0) is 6.92 Å². The molecule has 0 radical (unpaired) electrons. The van der Waals surface area contributed by atoms with Crippen LogP contribution in [0.4, 0.5) is 0 Å². The Morgan fingerprint density at radius 2 is 2.27 bits per heavy atom. The van der Waals surface area contributed by atoms with E-state index in [0.29, 0.717) is 12.2 Å². The topological polar surface area (TPSA) is 52.1 Å². The first-order valence-corrected chi connectivity index (χ1v) is 3.26. The summed E-state index contributed by atoms with van der Waals surface area (Å²) in [5, 5.41) is 0. The van der Waals surface area contributed by atoms with Crippen LogP contribution in [-0.2, 0) is 4.74 Å². The Labute approximate surface area is 65.7 Å². The van der Waals surface area contributed by atoms with E-state index >= 15 is 0 Å². The van der Waals surface area contributed by atoms with Crippen molar-refractivity contribution in [2.45, 2.75) is 6.92 Å². The molecule has 1 aromatic heterocycles. The molecule has 4 nitrogen and oxygen atoms in total. The highest BCUT2D eigenvalue weighted by atomic mass is 16.5. The van der Waals surface area contributed by atoms with Crippen LogP contribution in [0.25, 0.3) is 0 Å². The van der Waals surface area contributed by atoms with Crippen LogP contribution in [0.3, 0.4) is 0 Å². The third kappa shape index (κ3) is 2.00. The van der Waals surface area contributed by atoms with Crippen molar-refractivity contribution in [1.29, 1.82) is 0 Å². The van der Waals surface area contributed by atoms with Gasteiger partial charge in [-0.25, -0.2) is 14.8 Å². The lowest BCUT2D eigenvalue weighted by atomic mass is 10.3. The van der Waals surface area contributed by atoms with Gasteiger partial charge < -0.3 is 4.74 Å². The van der Waals surface area contributed by atoms with Crippen LogP contribution < -0.4 is 0 Å². The summed E-state index contributed by atoms with van der Waals surface area (Å²) in [6, 6.07) is 0. The van der Waals surface area contributed by atoms with Crippen LogP contribution >= 0.6 is 0 Å². The fourth-order valence-corrected chi connectivity index (χ4v) is 0.619. The molecule has 1 rings (SSSR count). The number of rotatable bonds is 2. The van der Waals surface area contributed by atoms with Crippen molar-refractivity contribution in [2.24, 2.45) is 0 Å². The average molecular weight is 154 g/mol. The van der Waals surface area contributed by atoms with Crippen LogP contribution in [0.2, 0.25) is 0 Å². The van der Waals surface area contributed by atoms with Gasteiger partial charge in [0, 0.05) is 13.8 Å². The maximum atomic E-state index is 10.9. The standard InChI is InChI=1S/C7H8N2O2.H2/c1-2-11-7(10)6-3-8-5-9-4-6;/h3-5H,2H2,1H3;1H. The van der Waals surface area contributed by atoms with Crippen LogP contribution in [0.15, 0.2) is 18.7 Å². The molecule has 4 heteroatoms. The molecule has 0 unspecified atom stereocenters. The maximum Gasteiger partial charge on any atom is 0.341 e. The second-order valence-corrected chi connectivity index (χ2v) is 1.85. The second-order valence-electron chi connectivity index (χ2n) is 1.85. The summed E-state index contributed by atoms with van der Waals surface area (Å²) < 4.78 is 4.71. The highest BCUT2D eigenvalue weighted by Gasteiger charge is 2.04. The summed E-state index contributed by atoms with van der Waals surface area (Å²) in [7, 11) is 0. The minimum atomic E-state index is -0.381. The zero-order valence-electron chi connectivity index (χ0n) is 6.15.